The molecular weight excluding hydrogens is 378 g/mol. The number of aryl methyl sites for hydroxylation is 1. The minimum Gasteiger partial charge on any atom is -0.389 e. The van der Waals surface area contributed by atoms with Crippen LogP contribution in [-0.2, 0) is 18.3 Å². The molecule has 0 amide bonds. The van der Waals surface area contributed by atoms with Crippen molar-refractivity contribution in [2.75, 3.05) is 19.6 Å². The van der Waals surface area contributed by atoms with E-state index in [4.69, 9.17) is 0 Å². The fourth-order valence-electron chi connectivity index (χ4n) is 4.18. The van der Waals surface area contributed by atoms with E-state index in [-0.39, 0.29) is 11.7 Å². The van der Waals surface area contributed by atoms with Crippen molar-refractivity contribution in [1.29, 1.82) is 0 Å². The summed E-state index contributed by atoms with van der Waals surface area (Å²) in [6.45, 7) is 5.99. The summed E-state index contributed by atoms with van der Waals surface area (Å²) >= 11 is 0. The van der Waals surface area contributed by atoms with E-state index in [2.05, 4.69) is 26.0 Å². The van der Waals surface area contributed by atoms with Crippen LogP contribution in [0.1, 0.15) is 32.4 Å². The van der Waals surface area contributed by atoms with E-state index in [1.165, 1.54) is 0 Å². The van der Waals surface area contributed by atoms with Crippen LogP contribution in [0.25, 0.3) is 22.0 Å². The Morgan fingerprint density at radius 1 is 1.13 bits per heavy atom. The summed E-state index contributed by atoms with van der Waals surface area (Å²) < 4.78 is 1.77. The Labute approximate surface area is 176 Å². The molecule has 0 unspecified atom stereocenters. The van der Waals surface area contributed by atoms with E-state index in [0.717, 1.165) is 53.7 Å². The van der Waals surface area contributed by atoms with E-state index in [9.17, 15) is 9.90 Å². The van der Waals surface area contributed by atoms with Gasteiger partial charge in [-0.25, -0.2) is 0 Å². The first-order chi connectivity index (χ1) is 14.3. The molecule has 0 atom stereocenters. The molecule has 4 heterocycles. The van der Waals surface area contributed by atoms with Gasteiger partial charge in [-0.3, -0.25) is 19.4 Å². The number of Topliss-reactive ketones (excluding diaryl/α,β-unsaturated/α-hetero) is 1. The van der Waals surface area contributed by atoms with Crippen LogP contribution in [0.15, 0.2) is 36.9 Å². The first kappa shape index (κ1) is 20.6. The highest BCUT2D eigenvalue weighted by Crippen LogP contribution is 2.24. The predicted molar refractivity (Wildman–Crippen MR) is 116 cm³/mol. The topological polar surface area (TPSA) is 84.1 Å². The zero-order chi connectivity index (χ0) is 21.3. The number of likely N-dealkylation sites (tertiary alicyclic amines) is 1. The molecule has 1 fully saturated rings. The highest BCUT2D eigenvalue weighted by Gasteiger charge is 2.27. The third-order valence-corrected chi connectivity index (χ3v) is 5.67. The molecule has 158 valence electrons. The first-order valence-corrected chi connectivity index (χ1v) is 10.5. The molecule has 1 aliphatic heterocycles. The van der Waals surface area contributed by atoms with Crippen LogP contribution in [0, 0.1) is 5.92 Å². The molecule has 3 aromatic heterocycles. The number of ketones is 1. The van der Waals surface area contributed by atoms with Gasteiger partial charge in [0.2, 0.25) is 0 Å². The Morgan fingerprint density at radius 2 is 1.90 bits per heavy atom. The Balaban J connectivity index is 1.43. The summed E-state index contributed by atoms with van der Waals surface area (Å²) in [6.07, 6.45) is 9.38. The molecule has 1 saturated heterocycles. The number of aromatic nitrogens is 4. The minimum absolute atomic E-state index is 0.0698. The van der Waals surface area contributed by atoms with Crippen LogP contribution < -0.4 is 0 Å². The fourth-order valence-corrected chi connectivity index (χ4v) is 4.18. The Bertz CT molecular complexity index is 1050. The number of β-amino-alcohol motifs (C(OH)–C–C–N with tert-alkyl or cyclic N) is 1. The van der Waals surface area contributed by atoms with Crippen LogP contribution in [0.5, 0.6) is 0 Å². The smallest absolute Gasteiger partial charge is 0.142 e. The van der Waals surface area contributed by atoms with E-state index in [1.807, 2.05) is 45.6 Å². The van der Waals surface area contributed by atoms with Crippen molar-refractivity contribution in [2.24, 2.45) is 13.0 Å². The monoisotopic (exact) mass is 407 g/mol. The molecular formula is C23H29N5O2. The number of nitrogens with zero attached hydrogens (tertiary/aromatic N) is 5. The Hall–Kier alpha value is -2.64. The number of fused-ring (bicyclic) bond motifs is 1. The molecule has 0 aliphatic carbocycles. The number of piperidine rings is 1. The van der Waals surface area contributed by atoms with Gasteiger partial charge in [0.05, 0.1) is 23.5 Å². The van der Waals surface area contributed by atoms with Crippen LogP contribution in [0.3, 0.4) is 0 Å². The zero-order valence-electron chi connectivity index (χ0n) is 17.9. The minimum atomic E-state index is -0.700. The largest absolute Gasteiger partial charge is 0.389 e. The first-order valence-electron chi connectivity index (χ1n) is 10.5. The number of hydrogen-bond donors (Lipinski definition) is 1. The van der Waals surface area contributed by atoms with Gasteiger partial charge >= 0.3 is 0 Å². The number of aliphatic hydroxyl groups is 1. The Morgan fingerprint density at radius 3 is 2.57 bits per heavy atom. The maximum Gasteiger partial charge on any atom is 0.142 e. The van der Waals surface area contributed by atoms with Gasteiger partial charge in [-0.2, -0.15) is 5.10 Å². The summed E-state index contributed by atoms with van der Waals surface area (Å²) in [7, 11) is 1.89. The van der Waals surface area contributed by atoms with Crippen LogP contribution in [0.4, 0.5) is 0 Å². The van der Waals surface area contributed by atoms with Crippen molar-refractivity contribution in [3.05, 3.63) is 42.6 Å². The van der Waals surface area contributed by atoms with Gasteiger partial charge in [-0.15, -0.1) is 0 Å². The van der Waals surface area contributed by atoms with Gasteiger partial charge in [0.25, 0.3) is 0 Å². The van der Waals surface area contributed by atoms with E-state index in [0.29, 0.717) is 13.0 Å². The van der Waals surface area contributed by atoms with Crippen molar-refractivity contribution < 1.29 is 9.90 Å². The van der Waals surface area contributed by atoms with Crippen molar-refractivity contribution in [3.63, 3.8) is 0 Å². The third kappa shape index (κ3) is 4.91. The summed E-state index contributed by atoms with van der Waals surface area (Å²) in [5.74, 6) is 0.321. The van der Waals surface area contributed by atoms with Crippen molar-refractivity contribution in [1.82, 2.24) is 24.6 Å². The number of hydrogen-bond acceptors (Lipinski definition) is 6. The fraction of sp³-hybridized carbons (Fsp3) is 0.478. The summed E-state index contributed by atoms with van der Waals surface area (Å²) in [6, 6.07) is 4.05. The highest BCUT2D eigenvalue weighted by molar-refractivity contribution is 5.86. The van der Waals surface area contributed by atoms with Crippen LogP contribution in [-0.4, -0.2) is 60.8 Å². The molecule has 7 nitrogen and oxygen atoms in total. The average Bonchev–Trinajstić information content (AvgIpc) is 3.13. The molecule has 1 aliphatic rings. The van der Waals surface area contributed by atoms with Gasteiger partial charge in [0, 0.05) is 60.5 Å². The van der Waals surface area contributed by atoms with Gasteiger partial charge in [-0.1, -0.05) is 0 Å². The van der Waals surface area contributed by atoms with Gasteiger partial charge < -0.3 is 10.0 Å². The summed E-state index contributed by atoms with van der Waals surface area (Å²) in [4.78, 5) is 24.1. The van der Waals surface area contributed by atoms with Gasteiger partial charge in [0.1, 0.15) is 5.78 Å². The second-order valence-electron chi connectivity index (χ2n) is 9.00. The molecule has 30 heavy (non-hydrogen) atoms. The molecule has 0 bridgehead atoms. The number of carbonyl (C=O) groups excluding carboxylic acids is 1. The molecule has 0 spiro atoms. The van der Waals surface area contributed by atoms with Crippen LogP contribution >= 0.6 is 0 Å². The standard InChI is InChI=1S/C23H29N5O2/c1-23(2,30)15-28-6-4-16(5-7-28)22(29)10-20-9-17-8-18(11-25-21(17)13-24-20)19-12-26-27(3)14-19/h8-9,11-14,16,30H,4-7,10,15H2,1-3H3. The summed E-state index contributed by atoms with van der Waals surface area (Å²) in [5, 5.41) is 15.2. The number of pyridine rings is 2. The lowest BCUT2D eigenvalue weighted by atomic mass is 9.89. The zero-order valence-corrected chi connectivity index (χ0v) is 17.9. The van der Waals surface area contributed by atoms with E-state index < -0.39 is 5.60 Å². The lowest BCUT2D eigenvalue weighted by Crippen LogP contribution is -2.44. The van der Waals surface area contributed by atoms with Gasteiger partial charge in [-0.05, 0) is 51.9 Å². The number of rotatable bonds is 6. The van der Waals surface area contributed by atoms with Crippen molar-refractivity contribution >= 4 is 16.7 Å². The van der Waals surface area contributed by atoms with E-state index in [1.54, 1.807) is 10.9 Å². The second-order valence-corrected chi connectivity index (χ2v) is 9.00. The molecule has 3 aromatic rings. The van der Waals surface area contributed by atoms with Gasteiger partial charge in [0.15, 0.2) is 0 Å². The van der Waals surface area contributed by atoms with E-state index >= 15 is 0 Å². The SMILES string of the molecule is Cn1cc(-c2cnc3cnc(CC(=O)C4CCN(CC(C)(C)O)CC4)cc3c2)cn1. The lowest BCUT2D eigenvalue weighted by molar-refractivity contribution is -0.123. The van der Waals surface area contributed by atoms with Crippen molar-refractivity contribution in [2.45, 2.75) is 38.7 Å². The normalized spacial score (nSPS) is 16.3. The Kier molecular flexibility index (Phi) is 5.66. The molecule has 0 radical (unpaired) electrons. The van der Waals surface area contributed by atoms with Crippen LogP contribution in [0.2, 0.25) is 0 Å². The molecule has 0 aromatic carbocycles. The maximum absolute atomic E-state index is 12.9. The maximum atomic E-state index is 12.9. The number of carbonyl (C=O) groups is 1. The average molecular weight is 408 g/mol. The molecule has 4 rings (SSSR count). The lowest BCUT2D eigenvalue weighted by Gasteiger charge is -2.34. The molecule has 7 heteroatoms. The molecule has 0 saturated carbocycles. The quantitative estimate of drug-likeness (QED) is 0.676. The predicted octanol–water partition coefficient (Wildman–Crippen LogP) is 2.62. The van der Waals surface area contributed by atoms with Crippen molar-refractivity contribution in [3.8, 4) is 11.1 Å². The highest BCUT2D eigenvalue weighted by atomic mass is 16.3. The molecule has 1 N–H and O–H groups in total. The summed E-state index contributed by atoms with van der Waals surface area (Å²) in [5.41, 5.74) is 2.92. The second kappa shape index (κ2) is 8.24. The third-order valence-electron chi connectivity index (χ3n) is 5.67.